The zero-order valence-electron chi connectivity index (χ0n) is 14.5. The predicted octanol–water partition coefficient (Wildman–Crippen LogP) is 2.42. The van der Waals surface area contributed by atoms with Crippen LogP contribution in [0.25, 0.3) is 10.9 Å². The second kappa shape index (κ2) is 6.48. The predicted molar refractivity (Wildman–Crippen MR) is 98.1 cm³/mol. The van der Waals surface area contributed by atoms with Gasteiger partial charge in [0.05, 0.1) is 17.1 Å². The first-order chi connectivity index (χ1) is 11.5. The van der Waals surface area contributed by atoms with E-state index in [4.69, 9.17) is 5.73 Å². The van der Waals surface area contributed by atoms with Crippen molar-refractivity contribution in [2.75, 3.05) is 18.0 Å². The molecule has 126 valence electrons. The van der Waals surface area contributed by atoms with Crippen LogP contribution < -0.4 is 16.0 Å². The van der Waals surface area contributed by atoms with Crippen molar-refractivity contribution in [1.82, 2.24) is 10.3 Å². The highest BCUT2D eigenvalue weighted by atomic mass is 16.1. The van der Waals surface area contributed by atoms with Gasteiger partial charge >= 0.3 is 0 Å². The highest BCUT2D eigenvalue weighted by Gasteiger charge is 2.23. The molecule has 0 spiro atoms. The van der Waals surface area contributed by atoms with E-state index in [-0.39, 0.29) is 0 Å². The van der Waals surface area contributed by atoms with Gasteiger partial charge in [-0.1, -0.05) is 5.92 Å². The minimum atomic E-state index is -0.399. The molecule has 5 heteroatoms. The maximum atomic E-state index is 11.8. The molecular formula is C19H24N4O. The summed E-state index contributed by atoms with van der Waals surface area (Å²) in [5.74, 6) is 2.50. The van der Waals surface area contributed by atoms with Crippen molar-refractivity contribution in [3.05, 3.63) is 29.0 Å². The van der Waals surface area contributed by atoms with Gasteiger partial charge in [-0.15, -0.1) is 0 Å². The minimum Gasteiger partial charge on any atom is -0.369 e. The summed E-state index contributed by atoms with van der Waals surface area (Å²) in [4.78, 5) is 17.5. The Morgan fingerprint density at radius 2 is 2.21 bits per heavy atom. The molecule has 0 bridgehead atoms. The number of rotatable bonds is 3. The number of anilines is 1. The first-order valence-electron chi connectivity index (χ1n) is 8.36. The highest BCUT2D eigenvalue weighted by Crippen LogP contribution is 2.34. The first kappa shape index (κ1) is 16.3. The fourth-order valence-electron chi connectivity index (χ4n) is 3.53. The number of piperidine rings is 1. The van der Waals surface area contributed by atoms with E-state index in [0.29, 0.717) is 11.6 Å². The van der Waals surface area contributed by atoms with Crippen LogP contribution >= 0.6 is 0 Å². The first-order valence-corrected chi connectivity index (χ1v) is 8.36. The lowest BCUT2D eigenvalue weighted by atomic mass is 10.0. The Morgan fingerprint density at radius 3 is 2.92 bits per heavy atom. The lowest BCUT2D eigenvalue weighted by Crippen LogP contribution is -2.44. The monoisotopic (exact) mass is 324 g/mol. The Balaban J connectivity index is 2.04. The molecule has 1 aromatic carbocycles. The molecule has 1 aliphatic heterocycles. The molecule has 1 amide bonds. The standard InChI is InChI=1S/C19H24N4O/c1-4-9-21-14-6-5-10-23(11-14)16-8-7-15(19(20)24)18-17(16)12(2)13(3)22-18/h7-8,14,21-22H,5-6,10-11H2,1-3H3,(H2,20,24)/t14-/m0/s1. The van der Waals surface area contributed by atoms with Crippen molar-refractivity contribution < 1.29 is 4.79 Å². The van der Waals surface area contributed by atoms with Gasteiger partial charge in [0.25, 0.3) is 5.91 Å². The van der Waals surface area contributed by atoms with Crippen LogP contribution in [-0.4, -0.2) is 30.0 Å². The van der Waals surface area contributed by atoms with Crippen LogP contribution in [-0.2, 0) is 0 Å². The Labute approximate surface area is 142 Å². The fraction of sp³-hybridized carbons (Fsp3) is 0.421. The number of hydrogen-bond donors (Lipinski definition) is 3. The summed E-state index contributed by atoms with van der Waals surface area (Å²) in [5, 5.41) is 4.39. The number of aromatic nitrogens is 1. The molecule has 1 fully saturated rings. The van der Waals surface area contributed by atoms with Crippen LogP contribution in [0.2, 0.25) is 0 Å². The number of aromatic amines is 1. The van der Waals surface area contributed by atoms with Gasteiger partial charge in [-0.2, -0.15) is 0 Å². The molecule has 1 saturated heterocycles. The Bertz CT molecular complexity index is 840. The Morgan fingerprint density at radius 1 is 1.42 bits per heavy atom. The molecule has 1 atom stereocenters. The molecule has 0 aliphatic carbocycles. The number of nitrogens with one attached hydrogen (secondary N) is 2. The van der Waals surface area contributed by atoms with Gasteiger partial charge < -0.3 is 20.9 Å². The maximum absolute atomic E-state index is 11.8. The summed E-state index contributed by atoms with van der Waals surface area (Å²) in [5.41, 5.74) is 10.3. The van der Waals surface area contributed by atoms with Crippen molar-refractivity contribution in [3.63, 3.8) is 0 Å². The largest absolute Gasteiger partial charge is 0.369 e. The summed E-state index contributed by atoms with van der Waals surface area (Å²) in [6.45, 7) is 7.87. The highest BCUT2D eigenvalue weighted by molar-refractivity contribution is 6.10. The van der Waals surface area contributed by atoms with E-state index in [2.05, 4.69) is 34.1 Å². The molecular weight excluding hydrogens is 300 g/mol. The van der Waals surface area contributed by atoms with Crippen LogP contribution in [0.1, 0.15) is 41.4 Å². The number of carbonyl (C=O) groups is 1. The molecule has 2 aromatic rings. The number of nitrogens with two attached hydrogens (primary N) is 1. The number of fused-ring (bicyclic) bond motifs is 1. The number of carbonyl (C=O) groups excluding carboxylic acids is 1. The smallest absolute Gasteiger partial charge is 0.250 e. The van der Waals surface area contributed by atoms with E-state index in [1.807, 2.05) is 26.0 Å². The van der Waals surface area contributed by atoms with Crippen LogP contribution in [0.15, 0.2) is 12.1 Å². The molecule has 2 heterocycles. The normalized spacial score (nSPS) is 17.5. The van der Waals surface area contributed by atoms with E-state index in [0.717, 1.165) is 48.2 Å². The Hall–Kier alpha value is -2.61. The molecule has 1 aliphatic rings. The van der Waals surface area contributed by atoms with E-state index in [1.165, 1.54) is 5.56 Å². The number of benzene rings is 1. The number of H-pyrrole nitrogens is 1. The summed E-state index contributed by atoms with van der Waals surface area (Å²) in [6.07, 6.45) is 2.24. The quantitative estimate of drug-likeness (QED) is 0.599. The van der Waals surface area contributed by atoms with Gasteiger partial charge in [0.15, 0.2) is 0 Å². The molecule has 4 N–H and O–H groups in total. The second-order valence-electron chi connectivity index (χ2n) is 6.43. The van der Waals surface area contributed by atoms with Crippen LogP contribution in [0.4, 0.5) is 5.69 Å². The average Bonchev–Trinajstić information content (AvgIpc) is 2.87. The lowest BCUT2D eigenvalue weighted by molar-refractivity contribution is 0.100. The molecule has 0 saturated carbocycles. The van der Waals surface area contributed by atoms with Crippen LogP contribution in [0, 0.1) is 25.8 Å². The van der Waals surface area contributed by atoms with E-state index in [1.54, 1.807) is 0 Å². The van der Waals surface area contributed by atoms with E-state index in [9.17, 15) is 4.79 Å². The minimum absolute atomic E-state index is 0.359. The maximum Gasteiger partial charge on any atom is 0.250 e. The Kier molecular flexibility index (Phi) is 4.39. The van der Waals surface area contributed by atoms with Gasteiger partial charge in [0.1, 0.15) is 0 Å². The summed E-state index contributed by atoms with van der Waals surface area (Å²) in [7, 11) is 0. The number of aryl methyl sites for hydroxylation is 2. The summed E-state index contributed by atoms with van der Waals surface area (Å²) < 4.78 is 0. The topological polar surface area (TPSA) is 74.2 Å². The molecule has 24 heavy (non-hydrogen) atoms. The number of amides is 1. The number of primary amides is 1. The number of hydrogen-bond acceptors (Lipinski definition) is 3. The average molecular weight is 324 g/mol. The third-order valence-corrected chi connectivity index (χ3v) is 4.86. The zero-order chi connectivity index (χ0) is 17.3. The molecule has 5 nitrogen and oxygen atoms in total. The second-order valence-corrected chi connectivity index (χ2v) is 6.43. The van der Waals surface area contributed by atoms with Gasteiger partial charge in [-0.05, 0) is 51.3 Å². The van der Waals surface area contributed by atoms with Gasteiger partial charge in [-0.3, -0.25) is 4.79 Å². The van der Waals surface area contributed by atoms with Crippen molar-refractivity contribution >= 4 is 22.5 Å². The molecule has 3 rings (SSSR count). The van der Waals surface area contributed by atoms with Crippen LogP contribution in [0.5, 0.6) is 0 Å². The fourth-order valence-corrected chi connectivity index (χ4v) is 3.53. The summed E-state index contributed by atoms with van der Waals surface area (Å²) >= 11 is 0. The van der Waals surface area contributed by atoms with E-state index < -0.39 is 5.91 Å². The molecule has 0 radical (unpaired) electrons. The van der Waals surface area contributed by atoms with E-state index >= 15 is 0 Å². The lowest BCUT2D eigenvalue weighted by Gasteiger charge is -2.34. The summed E-state index contributed by atoms with van der Waals surface area (Å²) in [6, 6.07) is 7.19. The van der Waals surface area contributed by atoms with Crippen molar-refractivity contribution in [3.8, 4) is 12.0 Å². The van der Waals surface area contributed by atoms with Crippen LogP contribution in [0.3, 0.4) is 0 Å². The van der Waals surface area contributed by atoms with Crippen molar-refractivity contribution in [1.29, 1.82) is 0 Å². The van der Waals surface area contributed by atoms with Gasteiger partial charge in [0, 0.05) is 35.9 Å². The van der Waals surface area contributed by atoms with Crippen molar-refractivity contribution in [2.45, 2.75) is 39.7 Å². The SMILES string of the molecule is CC#CN[C@H]1CCCN(c2ccc(C(N)=O)c3[nH]c(C)c(C)c23)C1. The van der Waals surface area contributed by atoms with Gasteiger partial charge in [-0.25, -0.2) is 0 Å². The zero-order valence-corrected chi connectivity index (χ0v) is 14.5. The molecule has 1 aromatic heterocycles. The van der Waals surface area contributed by atoms with Crippen molar-refractivity contribution in [2.24, 2.45) is 5.73 Å². The van der Waals surface area contributed by atoms with Gasteiger partial charge in [0.2, 0.25) is 0 Å². The third kappa shape index (κ3) is 2.80. The third-order valence-electron chi connectivity index (χ3n) is 4.86. The number of nitrogens with zero attached hydrogens (tertiary/aromatic N) is 1. The molecule has 0 unspecified atom stereocenters.